The molecule has 7 nitrogen and oxygen atoms in total. The normalized spacial score (nSPS) is 27.5. The number of Topliss-reactive ketones (excluding diaryl/α,β-unsaturated/α-hetero) is 1. The molecule has 5 atom stereocenters. The molecule has 2 saturated heterocycles. The van der Waals surface area contributed by atoms with E-state index in [-0.39, 0.29) is 24.1 Å². The fourth-order valence-corrected chi connectivity index (χ4v) is 13.7. The number of rotatable bonds is 19. The molecule has 2 heterocycles. The van der Waals surface area contributed by atoms with Crippen molar-refractivity contribution in [1.82, 2.24) is 0 Å². The van der Waals surface area contributed by atoms with Gasteiger partial charge in [0.05, 0.1) is 37.6 Å². The smallest absolute Gasteiger partial charge is 0.192 e. The zero-order valence-electron chi connectivity index (χ0n) is 30.0. The number of ether oxygens (including phenoxy) is 4. The second-order valence-corrected chi connectivity index (χ2v) is 23.2. The van der Waals surface area contributed by atoms with Crippen LogP contribution in [0.5, 0.6) is 5.75 Å². The van der Waals surface area contributed by atoms with Crippen LogP contribution in [0, 0.1) is 0 Å². The Labute approximate surface area is 276 Å². The molecule has 0 aliphatic carbocycles. The molecule has 3 rings (SSSR count). The van der Waals surface area contributed by atoms with Crippen LogP contribution in [-0.2, 0) is 34.5 Å². The Balaban J connectivity index is 1.87. The van der Waals surface area contributed by atoms with E-state index in [1.165, 1.54) is 0 Å². The number of ketones is 1. The number of carbonyl (C=O) groups is 1. The summed E-state index contributed by atoms with van der Waals surface area (Å²) in [6.45, 7) is 19.0. The molecule has 2 aliphatic heterocycles. The van der Waals surface area contributed by atoms with E-state index in [4.69, 9.17) is 27.8 Å². The Morgan fingerprint density at radius 3 is 2.02 bits per heavy atom. The van der Waals surface area contributed by atoms with Gasteiger partial charge in [0.2, 0.25) is 0 Å². The Morgan fingerprint density at radius 1 is 0.867 bits per heavy atom. The summed E-state index contributed by atoms with van der Waals surface area (Å²) in [7, 11) is -2.14. The Morgan fingerprint density at radius 2 is 1.47 bits per heavy atom. The highest BCUT2D eigenvalue weighted by Crippen LogP contribution is 2.49. The topological polar surface area (TPSA) is 72.5 Å². The molecular formula is C36H64O7Si2. The lowest BCUT2D eigenvalue weighted by atomic mass is 9.81. The molecule has 45 heavy (non-hydrogen) atoms. The molecule has 2 fully saturated rings. The van der Waals surface area contributed by atoms with Crippen molar-refractivity contribution in [1.29, 1.82) is 0 Å². The van der Waals surface area contributed by atoms with E-state index < -0.39 is 28.0 Å². The summed E-state index contributed by atoms with van der Waals surface area (Å²) in [5, 5.41) is 0. The first-order chi connectivity index (χ1) is 21.5. The van der Waals surface area contributed by atoms with Crippen molar-refractivity contribution in [3.05, 3.63) is 29.8 Å². The highest BCUT2D eigenvalue weighted by Gasteiger charge is 2.55. The highest BCUT2D eigenvalue weighted by atomic mass is 28.4. The lowest BCUT2D eigenvalue weighted by Crippen LogP contribution is -2.61. The Hall–Kier alpha value is -1.08. The van der Waals surface area contributed by atoms with Crippen molar-refractivity contribution in [2.24, 2.45) is 0 Å². The third-order valence-electron chi connectivity index (χ3n) is 10.7. The van der Waals surface area contributed by atoms with Crippen LogP contribution in [0.3, 0.4) is 0 Å². The molecule has 0 amide bonds. The van der Waals surface area contributed by atoms with Gasteiger partial charge in [0.1, 0.15) is 11.5 Å². The van der Waals surface area contributed by atoms with Crippen LogP contribution in [-0.4, -0.2) is 65.8 Å². The molecule has 0 aromatic heterocycles. The third kappa shape index (κ3) is 10.5. The molecule has 1 spiro atoms. The van der Waals surface area contributed by atoms with E-state index in [9.17, 15) is 4.79 Å². The van der Waals surface area contributed by atoms with Crippen LogP contribution in [0.4, 0.5) is 0 Å². The Bertz CT molecular complexity index is 1010. The average molecular weight is 665 g/mol. The maximum atomic E-state index is 12.8. The molecule has 0 bridgehead atoms. The van der Waals surface area contributed by atoms with Crippen LogP contribution in [0.2, 0.25) is 36.3 Å². The zero-order chi connectivity index (χ0) is 33.1. The van der Waals surface area contributed by atoms with Gasteiger partial charge in [-0.15, -0.1) is 0 Å². The SMILES string of the molecule is CCC(=O)C[C@H]1C[C@](C)(O[Si](CC)(CC)CC)C[C@@]2(C[C@@H](O[Si](CC)(CC)CC)C[C@H](CCOCc3ccc(OC)cc3)O2)O1. The van der Waals surface area contributed by atoms with E-state index in [0.717, 1.165) is 66.8 Å². The van der Waals surface area contributed by atoms with Crippen LogP contribution < -0.4 is 4.74 Å². The van der Waals surface area contributed by atoms with E-state index in [0.29, 0.717) is 38.9 Å². The maximum Gasteiger partial charge on any atom is 0.192 e. The first kappa shape index (κ1) is 38.4. The van der Waals surface area contributed by atoms with Crippen LogP contribution >= 0.6 is 0 Å². The summed E-state index contributed by atoms with van der Waals surface area (Å²) in [5.41, 5.74) is 0.696. The number of benzene rings is 1. The Kier molecular flexibility index (Phi) is 14.8. The molecule has 0 saturated carbocycles. The number of carbonyl (C=O) groups excluding carboxylic acids is 1. The minimum absolute atomic E-state index is 0.0484. The summed E-state index contributed by atoms with van der Waals surface area (Å²) >= 11 is 0. The molecule has 0 unspecified atom stereocenters. The maximum absolute atomic E-state index is 12.8. The van der Waals surface area contributed by atoms with Crippen molar-refractivity contribution in [3.63, 3.8) is 0 Å². The van der Waals surface area contributed by atoms with Crippen LogP contribution in [0.1, 0.15) is 106 Å². The van der Waals surface area contributed by atoms with Crippen molar-refractivity contribution in [3.8, 4) is 5.75 Å². The minimum atomic E-state index is -1.94. The van der Waals surface area contributed by atoms with Crippen molar-refractivity contribution in [2.75, 3.05) is 13.7 Å². The zero-order valence-corrected chi connectivity index (χ0v) is 32.0. The average Bonchev–Trinajstić information content (AvgIpc) is 3.04. The molecule has 258 valence electrons. The van der Waals surface area contributed by atoms with E-state index in [1.54, 1.807) is 7.11 Å². The summed E-state index contributed by atoms with van der Waals surface area (Å²) in [6.07, 6.45) is 4.32. The highest BCUT2D eigenvalue weighted by molar-refractivity contribution is 6.74. The fraction of sp³-hybridized carbons (Fsp3) is 0.806. The second-order valence-electron chi connectivity index (χ2n) is 13.8. The van der Waals surface area contributed by atoms with Gasteiger partial charge in [0.25, 0.3) is 0 Å². The monoisotopic (exact) mass is 664 g/mol. The van der Waals surface area contributed by atoms with Crippen molar-refractivity contribution in [2.45, 2.75) is 173 Å². The second kappa shape index (κ2) is 17.4. The van der Waals surface area contributed by atoms with Gasteiger partial charge in [0, 0.05) is 38.7 Å². The van der Waals surface area contributed by atoms with Crippen molar-refractivity contribution < 1.29 is 32.6 Å². The first-order valence-electron chi connectivity index (χ1n) is 17.9. The van der Waals surface area contributed by atoms with Gasteiger partial charge in [-0.3, -0.25) is 4.79 Å². The van der Waals surface area contributed by atoms with Gasteiger partial charge in [-0.2, -0.15) is 0 Å². The lowest BCUT2D eigenvalue weighted by Gasteiger charge is -2.55. The number of hydrogen-bond acceptors (Lipinski definition) is 7. The van der Waals surface area contributed by atoms with Gasteiger partial charge in [-0.05, 0) is 73.7 Å². The molecule has 1 aromatic rings. The van der Waals surface area contributed by atoms with Gasteiger partial charge < -0.3 is 27.8 Å². The summed E-state index contributed by atoms with van der Waals surface area (Å²) in [6, 6.07) is 14.6. The summed E-state index contributed by atoms with van der Waals surface area (Å²) in [5.74, 6) is 0.224. The summed E-state index contributed by atoms with van der Waals surface area (Å²) < 4.78 is 39.9. The van der Waals surface area contributed by atoms with Gasteiger partial charge in [0.15, 0.2) is 22.4 Å². The van der Waals surface area contributed by atoms with Crippen LogP contribution in [0.25, 0.3) is 0 Å². The van der Waals surface area contributed by atoms with E-state index in [1.807, 2.05) is 31.2 Å². The number of hydrogen-bond donors (Lipinski definition) is 0. The molecule has 9 heteroatoms. The fourth-order valence-electron chi connectivity index (χ4n) is 7.65. The largest absolute Gasteiger partial charge is 0.497 e. The number of methoxy groups -OCH3 is 1. The molecule has 0 N–H and O–H groups in total. The minimum Gasteiger partial charge on any atom is -0.497 e. The molecule has 0 radical (unpaired) electrons. The summed E-state index contributed by atoms with van der Waals surface area (Å²) in [4.78, 5) is 12.8. The van der Waals surface area contributed by atoms with E-state index in [2.05, 4.69) is 48.5 Å². The van der Waals surface area contributed by atoms with Crippen LogP contribution in [0.15, 0.2) is 24.3 Å². The predicted octanol–water partition coefficient (Wildman–Crippen LogP) is 9.20. The molecular weight excluding hydrogens is 601 g/mol. The van der Waals surface area contributed by atoms with Gasteiger partial charge in [-0.1, -0.05) is 60.6 Å². The molecule has 2 aliphatic rings. The van der Waals surface area contributed by atoms with Crippen molar-refractivity contribution >= 4 is 22.4 Å². The molecule has 1 aromatic carbocycles. The van der Waals surface area contributed by atoms with Gasteiger partial charge in [-0.25, -0.2) is 0 Å². The predicted molar refractivity (Wildman–Crippen MR) is 187 cm³/mol. The van der Waals surface area contributed by atoms with E-state index >= 15 is 0 Å². The standard InChI is InChI=1S/C36H64O7Si2/c1-10-30(37)23-33-25-35(8,43-45(14-5,15-6)16-7)28-36(41-33)26-34(42-44(11-2,12-3)13-4)24-32(40-36)21-22-39-27-29-17-19-31(38-9)20-18-29/h17-20,32-34H,10-16,21-28H2,1-9H3/t32-,33-,34-,35-,36+/m0/s1. The lowest BCUT2D eigenvalue weighted by molar-refractivity contribution is -0.347. The third-order valence-corrected chi connectivity index (χ3v) is 20.2. The first-order valence-corrected chi connectivity index (χ1v) is 23.0. The van der Waals surface area contributed by atoms with Gasteiger partial charge >= 0.3 is 0 Å². The quantitative estimate of drug-likeness (QED) is 0.108.